The first-order chi connectivity index (χ1) is 18.1. The smallest absolute Gasteiger partial charge is 0.364 e. The first-order valence-corrected chi connectivity index (χ1v) is 13.3. The topological polar surface area (TPSA) is 97.7 Å². The predicted molar refractivity (Wildman–Crippen MR) is 138 cm³/mol. The fraction of sp³-hybridized carbons (Fsp3) is 0.111. The summed E-state index contributed by atoms with van der Waals surface area (Å²) in [4.78, 5) is 17.1. The lowest BCUT2D eigenvalue weighted by Gasteiger charge is -2.15. The maximum absolute atomic E-state index is 13.2. The molecule has 0 radical (unpaired) electrons. The molecule has 0 aliphatic rings. The molecular weight excluding hydrogens is 515 g/mol. The molecule has 5 rings (SSSR count). The van der Waals surface area contributed by atoms with Crippen LogP contribution in [0.2, 0.25) is 0 Å². The van der Waals surface area contributed by atoms with E-state index in [0.717, 1.165) is 23.4 Å². The lowest BCUT2D eigenvalue weighted by molar-refractivity contribution is -0.141. The molecule has 0 atom stereocenters. The summed E-state index contributed by atoms with van der Waals surface area (Å²) in [6.45, 7) is -0.0414. The summed E-state index contributed by atoms with van der Waals surface area (Å²) in [5, 5.41) is 3.78. The summed E-state index contributed by atoms with van der Waals surface area (Å²) in [6, 6.07) is 20.2. The molecule has 0 spiro atoms. The SMILES string of the molecule is CS(=O)(=O)c1cncc(-c2nc(NCc3cccc(C(F)(F)F)n3)c3c(-c4ccccc4)cccc3n2)c1. The summed E-state index contributed by atoms with van der Waals surface area (Å²) >= 11 is 0. The van der Waals surface area contributed by atoms with Gasteiger partial charge in [-0.2, -0.15) is 13.2 Å². The zero-order valence-electron chi connectivity index (χ0n) is 19.9. The Labute approximate surface area is 216 Å². The van der Waals surface area contributed by atoms with E-state index in [9.17, 15) is 21.6 Å². The number of nitrogens with one attached hydrogen (secondary N) is 1. The largest absolute Gasteiger partial charge is 0.433 e. The van der Waals surface area contributed by atoms with Crippen LogP contribution >= 0.6 is 0 Å². The van der Waals surface area contributed by atoms with E-state index in [1.54, 1.807) is 6.07 Å². The third-order valence-corrected chi connectivity index (χ3v) is 6.82. The van der Waals surface area contributed by atoms with Crippen molar-refractivity contribution in [3.63, 3.8) is 0 Å². The highest BCUT2D eigenvalue weighted by Crippen LogP contribution is 2.34. The minimum Gasteiger partial charge on any atom is -0.364 e. The number of fused-ring (bicyclic) bond motifs is 1. The summed E-state index contributed by atoms with van der Waals surface area (Å²) in [5.74, 6) is 0.564. The summed E-state index contributed by atoms with van der Waals surface area (Å²) in [7, 11) is -3.52. The number of alkyl halides is 3. The predicted octanol–water partition coefficient (Wildman–Crippen LogP) is 5.79. The first kappa shape index (κ1) is 25.3. The molecule has 0 fully saturated rings. The van der Waals surface area contributed by atoms with Crippen LogP contribution in [0.25, 0.3) is 33.4 Å². The molecule has 0 aliphatic carbocycles. The van der Waals surface area contributed by atoms with Crippen LogP contribution in [0.1, 0.15) is 11.4 Å². The second kappa shape index (κ2) is 9.82. The Bertz CT molecular complexity index is 1740. The number of pyridine rings is 2. The van der Waals surface area contributed by atoms with Crippen molar-refractivity contribution in [3.05, 3.63) is 96.6 Å². The maximum atomic E-state index is 13.2. The standard InChI is InChI=1S/C27H20F3N5O2S/c1-38(36,37)20-13-18(14-31-16-20)25-34-22-11-6-10-21(17-7-3-2-4-8-17)24(22)26(35-25)32-15-19-9-5-12-23(33-19)27(28,29)30/h2-14,16H,15H2,1H3,(H,32,34,35). The quantitative estimate of drug-likeness (QED) is 0.294. The second-order valence-electron chi connectivity index (χ2n) is 8.51. The van der Waals surface area contributed by atoms with Gasteiger partial charge < -0.3 is 5.32 Å². The number of aromatic nitrogens is 4. The lowest BCUT2D eigenvalue weighted by Crippen LogP contribution is -2.11. The maximum Gasteiger partial charge on any atom is 0.433 e. The highest BCUT2D eigenvalue weighted by Gasteiger charge is 2.32. The van der Waals surface area contributed by atoms with Crippen LogP contribution in [0.5, 0.6) is 0 Å². The average molecular weight is 536 g/mol. The highest BCUT2D eigenvalue weighted by atomic mass is 32.2. The minimum atomic E-state index is -4.57. The van der Waals surface area contributed by atoms with Crippen LogP contribution in [-0.4, -0.2) is 34.6 Å². The third-order valence-electron chi connectivity index (χ3n) is 5.74. The molecule has 11 heteroatoms. The molecular formula is C27H20F3N5O2S. The van der Waals surface area contributed by atoms with E-state index in [1.807, 2.05) is 42.5 Å². The van der Waals surface area contributed by atoms with Gasteiger partial charge in [0, 0.05) is 24.2 Å². The summed E-state index contributed by atoms with van der Waals surface area (Å²) in [5.41, 5.74) is 1.83. The van der Waals surface area contributed by atoms with Gasteiger partial charge in [-0.15, -0.1) is 0 Å². The Balaban J connectivity index is 1.65. The van der Waals surface area contributed by atoms with Gasteiger partial charge in [-0.25, -0.2) is 23.4 Å². The van der Waals surface area contributed by atoms with E-state index in [-0.39, 0.29) is 23.0 Å². The number of halogens is 3. The van der Waals surface area contributed by atoms with Crippen molar-refractivity contribution >= 4 is 26.6 Å². The first-order valence-electron chi connectivity index (χ1n) is 11.4. The van der Waals surface area contributed by atoms with Crippen LogP contribution in [0.15, 0.2) is 90.1 Å². The Kier molecular flexibility index (Phi) is 6.53. The molecule has 0 unspecified atom stereocenters. The Hall–Kier alpha value is -4.38. The van der Waals surface area contributed by atoms with Gasteiger partial charge in [0.25, 0.3) is 0 Å². The molecule has 1 N–H and O–H groups in total. The number of anilines is 1. The van der Waals surface area contributed by atoms with E-state index in [0.29, 0.717) is 22.3 Å². The average Bonchev–Trinajstić information content (AvgIpc) is 2.91. The molecule has 38 heavy (non-hydrogen) atoms. The van der Waals surface area contributed by atoms with Crippen molar-refractivity contribution in [2.75, 3.05) is 11.6 Å². The van der Waals surface area contributed by atoms with E-state index >= 15 is 0 Å². The normalized spacial score (nSPS) is 12.0. The molecule has 0 bridgehead atoms. The number of benzene rings is 2. The number of hydrogen-bond donors (Lipinski definition) is 1. The van der Waals surface area contributed by atoms with Crippen molar-refractivity contribution in [1.82, 2.24) is 19.9 Å². The van der Waals surface area contributed by atoms with E-state index in [1.165, 1.54) is 30.6 Å². The minimum absolute atomic E-state index is 0.0133. The van der Waals surface area contributed by atoms with Crippen molar-refractivity contribution in [2.24, 2.45) is 0 Å². The van der Waals surface area contributed by atoms with Gasteiger partial charge in [0.2, 0.25) is 0 Å². The van der Waals surface area contributed by atoms with Gasteiger partial charge in [-0.1, -0.05) is 48.5 Å². The van der Waals surface area contributed by atoms with E-state index < -0.39 is 21.7 Å². The molecule has 7 nitrogen and oxygen atoms in total. The van der Waals surface area contributed by atoms with Gasteiger partial charge in [-0.05, 0) is 35.4 Å². The molecule has 0 saturated heterocycles. The van der Waals surface area contributed by atoms with Crippen LogP contribution in [0.3, 0.4) is 0 Å². The molecule has 3 heterocycles. The van der Waals surface area contributed by atoms with Crippen molar-refractivity contribution in [2.45, 2.75) is 17.6 Å². The number of nitrogens with zero attached hydrogens (tertiary/aromatic N) is 4. The van der Waals surface area contributed by atoms with Gasteiger partial charge >= 0.3 is 6.18 Å². The molecule has 0 aliphatic heterocycles. The second-order valence-corrected chi connectivity index (χ2v) is 10.5. The van der Waals surface area contributed by atoms with Gasteiger partial charge in [0.1, 0.15) is 11.5 Å². The van der Waals surface area contributed by atoms with Crippen LogP contribution in [0.4, 0.5) is 19.0 Å². The van der Waals surface area contributed by atoms with Gasteiger partial charge in [0.05, 0.1) is 28.0 Å². The fourth-order valence-corrected chi connectivity index (χ4v) is 4.55. The third kappa shape index (κ3) is 5.32. The van der Waals surface area contributed by atoms with Gasteiger partial charge in [-0.3, -0.25) is 4.98 Å². The van der Waals surface area contributed by atoms with Crippen LogP contribution in [-0.2, 0) is 22.6 Å². The fourth-order valence-electron chi connectivity index (χ4n) is 3.95. The lowest BCUT2D eigenvalue weighted by atomic mass is 10.0. The molecule has 192 valence electrons. The monoisotopic (exact) mass is 535 g/mol. The number of rotatable bonds is 6. The molecule has 5 aromatic rings. The van der Waals surface area contributed by atoms with Gasteiger partial charge in [0.15, 0.2) is 15.7 Å². The molecule has 0 amide bonds. The Morgan fingerprint density at radius 2 is 1.61 bits per heavy atom. The highest BCUT2D eigenvalue weighted by molar-refractivity contribution is 7.90. The molecule has 2 aromatic carbocycles. The molecule has 3 aromatic heterocycles. The summed E-state index contributed by atoms with van der Waals surface area (Å²) in [6.07, 6.45) is -0.792. The van der Waals surface area contributed by atoms with Crippen molar-refractivity contribution in [3.8, 4) is 22.5 Å². The van der Waals surface area contributed by atoms with Crippen LogP contribution in [0, 0.1) is 0 Å². The zero-order valence-corrected chi connectivity index (χ0v) is 20.8. The summed E-state index contributed by atoms with van der Waals surface area (Å²) < 4.78 is 63.7. The van der Waals surface area contributed by atoms with Crippen molar-refractivity contribution in [1.29, 1.82) is 0 Å². The van der Waals surface area contributed by atoms with E-state index in [4.69, 9.17) is 0 Å². The Morgan fingerprint density at radius 3 is 2.34 bits per heavy atom. The number of hydrogen-bond acceptors (Lipinski definition) is 7. The Morgan fingerprint density at radius 1 is 0.842 bits per heavy atom. The number of sulfone groups is 1. The zero-order chi connectivity index (χ0) is 26.9. The van der Waals surface area contributed by atoms with Crippen molar-refractivity contribution < 1.29 is 21.6 Å². The van der Waals surface area contributed by atoms with E-state index in [2.05, 4.69) is 25.3 Å². The molecule has 0 saturated carbocycles. The van der Waals surface area contributed by atoms with Crippen LogP contribution < -0.4 is 5.32 Å².